The molecule has 0 aliphatic carbocycles. The van der Waals surface area contributed by atoms with Gasteiger partial charge >= 0.3 is 6.03 Å². The molecule has 1 fully saturated rings. The zero-order valence-corrected chi connectivity index (χ0v) is 12.0. The second-order valence-electron chi connectivity index (χ2n) is 4.87. The summed E-state index contributed by atoms with van der Waals surface area (Å²) in [6, 6.07) is -0.203. The van der Waals surface area contributed by atoms with Gasteiger partial charge in [-0.3, -0.25) is 0 Å². The van der Waals surface area contributed by atoms with Crippen LogP contribution in [-0.4, -0.2) is 64.2 Å². The van der Waals surface area contributed by atoms with Crippen LogP contribution in [0, 0.1) is 5.92 Å². The van der Waals surface area contributed by atoms with Gasteiger partial charge in [0.2, 0.25) is 0 Å². The lowest BCUT2D eigenvalue weighted by Gasteiger charge is -2.25. The molecule has 1 aliphatic rings. The van der Waals surface area contributed by atoms with Crippen molar-refractivity contribution in [2.45, 2.75) is 19.4 Å². The van der Waals surface area contributed by atoms with Crippen LogP contribution in [-0.2, 0) is 14.6 Å². The highest BCUT2D eigenvalue weighted by Crippen LogP contribution is 2.17. The number of carbonyl (C=O) groups excluding carboxylic acids is 1. The molecule has 7 heteroatoms. The summed E-state index contributed by atoms with van der Waals surface area (Å²) >= 11 is 0. The van der Waals surface area contributed by atoms with Gasteiger partial charge in [0.25, 0.3) is 0 Å². The average molecular weight is 278 g/mol. The van der Waals surface area contributed by atoms with Crippen molar-refractivity contribution in [3.05, 3.63) is 0 Å². The van der Waals surface area contributed by atoms with Crippen molar-refractivity contribution in [1.82, 2.24) is 10.2 Å². The Kier molecular flexibility index (Phi) is 5.40. The first-order valence-electron chi connectivity index (χ1n) is 6.05. The largest absolute Gasteiger partial charge is 0.383 e. The van der Waals surface area contributed by atoms with Crippen LogP contribution in [0.4, 0.5) is 4.79 Å². The predicted molar refractivity (Wildman–Crippen MR) is 69.3 cm³/mol. The van der Waals surface area contributed by atoms with Crippen LogP contribution >= 0.6 is 0 Å². The maximum absolute atomic E-state index is 11.8. The molecule has 18 heavy (non-hydrogen) atoms. The third kappa shape index (κ3) is 4.45. The fourth-order valence-electron chi connectivity index (χ4n) is 1.94. The molecule has 0 aromatic carbocycles. The predicted octanol–water partition coefficient (Wildman–Crippen LogP) is 0.0974. The molecule has 1 heterocycles. The summed E-state index contributed by atoms with van der Waals surface area (Å²) in [6.45, 7) is 2.78. The fourth-order valence-corrected chi connectivity index (χ4v) is 3.80. The van der Waals surface area contributed by atoms with Gasteiger partial charge in [0.15, 0.2) is 9.84 Å². The maximum Gasteiger partial charge on any atom is 0.317 e. The molecule has 2 atom stereocenters. The van der Waals surface area contributed by atoms with E-state index in [1.807, 2.05) is 6.92 Å². The minimum absolute atomic E-state index is 0.0117. The molecule has 0 saturated carbocycles. The van der Waals surface area contributed by atoms with Crippen molar-refractivity contribution in [2.75, 3.05) is 38.8 Å². The monoisotopic (exact) mass is 278 g/mol. The zero-order chi connectivity index (χ0) is 13.8. The third-order valence-corrected chi connectivity index (χ3v) is 5.10. The van der Waals surface area contributed by atoms with Crippen LogP contribution in [0.1, 0.15) is 13.3 Å². The summed E-state index contributed by atoms with van der Waals surface area (Å²) in [5.41, 5.74) is 0. The maximum atomic E-state index is 11.8. The summed E-state index contributed by atoms with van der Waals surface area (Å²) in [6.07, 6.45) is 0.639. The molecular formula is C11H22N2O4S. The first-order chi connectivity index (χ1) is 8.35. The van der Waals surface area contributed by atoms with Crippen molar-refractivity contribution < 1.29 is 17.9 Å². The van der Waals surface area contributed by atoms with E-state index < -0.39 is 9.84 Å². The van der Waals surface area contributed by atoms with E-state index in [4.69, 9.17) is 4.74 Å². The second-order valence-corrected chi connectivity index (χ2v) is 7.10. The summed E-state index contributed by atoms with van der Waals surface area (Å²) in [5, 5.41) is 2.77. The van der Waals surface area contributed by atoms with E-state index in [1.165, 1.54) is 0 Å². The van der Waals surface area contributed by atoms with Crippen LogP contribution in [0.2, 0.25) is 0 Å². The molecule has 106 valence electrons. The SMILES string of the molecule is COC[C@@H](C)N(C)C(=O)NC[C@@H]1CCS(=O)(=O)C1. The third-order valence-electron chi connectivity index (χ3n) is 3.26. The van der Waals surface area contributed by atoms with E-state index in [0.717, 1.165) is 0 Å². The first kappa shape index (κ1) is 15.2. The standard InChI is InChI=1S/C11H22N2O4S/c1-9(7-17-3)13(2)11(14)12-6-10-4-5-18(15,16)8-10/h9-10H,4-8H2,1-3H3,(H,12,14)/t9-,10+/m1/s1. The second kappa shape index (κ2) is 6.38. The Morgan fingerprint density at radius 1 is 1.56 bits per heavy atom. The van der Waals surface area contributed by atoms with Gasteiger partial charge in [0.1, 0.15) is 0 Å². The zero-order valence-electron chi connectivity index (χ0n) is 11.2. The molecule has 0 spiro atoms. The van der Waals surface area contributed by atoms with E-state index in [-0.39, 0.29) is 29.5 Å². The lowest BCUT2D eigenvalue weighted by molar-refractivity contribution is 0.123. The van der Waals surface area contributed by atoms with Gasteiger partial charge in [-0.05, 0) is 19.3 Å². The van der Waals surface area contributed by atoms with Crippen molar-refractivity contribution >= 4 is 15.9 Å². The van der Waals surface area contributed by atoms with E-state index >= 15 is 0 Å². The highest BCUT2D eigenvalue weighted by atomic mass is 32.2. The fraction of sp³-hybridized carbons (Fsp3) is 0.909. The van der Waals surface area contributed by atoms with Crippen molar-refractivity contribution in [1.29, 1.82) is 0 Å². The topological polar surface area (TPSA) is 75.7 Å². The van der Waals surface area contributed by atoms with E-state index in [9.17, 15) is 13.2 Å². The van der Waals surface area contributed by atoms with Gasteiger partial charge in [0, 0.05) is 20.7 Å². The van der Waals surface area contributed by atoms with Crippen LogP contribution in [0.5, 0.6) is 0 Å². The molecule has 2 amide bonds. The Balaban J connectivity index is 2.33. The number of nitrogens with one attached hydrogen (secondary N) is 1. The molecule has 0 radical (unpaired) electrons. The van der Waals surface area contributed by atoms with Crippen molar-refractivity contribution in [3.8, 4) is 0 Å². The number of ether oxygens (including phenoxy) is 1. The molecule has 0 bridgehead atoms. The number of hydrogen-bond donors (Lipinski definition) is 1. The minimum atomic E-state index is -2.87. The highest BCUT2D eigenvalue weighted by molar-refractivity contribution is 7.91. The molecule has 0 aromatic heterocycles. The number of urea groups is 1. The quantitative estimate of drug-likeness (QED) is 0.774. The molecule has 1 aliphatic heterocycles. The van der Waals surface area contributed by atoms with E-state index in [0.29, 0.717) is 19.6 Å². The molecular weight excluding hydrogens is 256 g/mol. The molecule has 1 saturated heterocycles. The van der Waals surface area contributed by atoms with Crippen molar-refractivity contribution in [2.24, 2.45) is 5.92 Å². The number of nitrogens with zero attached hydrogens (tertiary/aromatic N) is 1. The number of amides is 2. The van der Waals surface area contributed by atoms with E-state index in [2.05, 4.69) is 5.32 Å². The molecule has 1 rings (SSSR count). The number of methoxy groups -OCH3 is 1. The van der Waals surface area contributed by atoms with Crippen molar-refractivity contribution in [3.63, 3.8) is 0 Å². The Morgan fingerprint density at radius 2 is 2.22 bits per heavy atom. The molecule has 1 N–H and O–H groups in total. The van der Waals surface area contributed by atoms with Crippen LogP contribution < -0.4 is 5.32 Å². The molecule has 0 unspecified atom stereocenters. The summed E-state index contributed by atoms with van der Waals surface area (Å²) in [5.74, 6) is 0.471. The summed E-state index contributed by atoms with van der Waals surface area (Å²) < 4.78 is 27.5. The van der Waals surface area contributed by atoms with Crippen LogP contribution in [0.25, 0.3) is 0 Å². The molecule has 0 aromatic rings. The highest BCUT2D eigenvalue weighted by Gasteiger charge is 2.28. The normalized spacial score (nSPS) is 23.6. The number of hydrogen-bond acceptors (Lipinski definition) is 4. The van der Waals surface area contributed by atoms with Gasteiger partial charge in [-0.25, -0.2) is 13.2 Å². The Hall–Kier alpha value is -0.820. The Bertz CT molecular complexity index is 383. The van der Waals surface area contributed by atoms with Crippen LogP contribution in [0.3, 0.4) is 0 Å². The summed E-state index contributed by atoms with van der Waals surface area (Å²) in [4.78, 5) is 13.3. The van der Waals surface area contributed by atoms with Crippen LogP contribution in [0.15, 0.2) is 0 Å². The Morgan fingerprint density at radius 3 is 2.72 bits per heavy atom. The first-order valence-corrected chi connectivity index (χ1v) is 7.88. The summed E-state index contributed by atoms with van der Waals surface area (Å²) in [7, 11) is 0.414. The smallest absolute Gasteiger partial charge is 0.317 e. The lowest BCUT2D eigenvalue weighted by Crippen LogP contribution is -2.45. The van der Waals surface area contributed by atoms with Gasteiger partial charge in [-0.15, -0.1) is 0 Å². The molecule has 6 nitrogen and oxygen atoms in total. The van der Waals surface area contributed by atoms with E-state index in [1.54, 1.807) is 19.1 Å². The van der Waals surface area contributed by atoms with Gasteiger partial charge in [0.05, 0.1) is 24.2 Å². The lowest BCUT2D eigenvalue weighted by atomic mass is 10.1. The van der Waals surface area contributed by atoms with Gasteiger partial charge in [-0.2, -0.15) is 0 Å². The minimum Gasteiger partial charge on any atom is -0.383 e. The van der Waals surface area contributed by atoms with Gasteiger partial charge < -0.3 is 15.0 Å². The Labute approximate surface area is 109 Å². The average Bonchev–Trinajstić information content (AvgIpc) is 2.65. The number of rotatable bonds is 5. The van der Waals surface area contributed by atoms with Gasteiger partial charge in [-0.1, -0.05) is 0 Å². The number of likely N-dealkylation sites (N-methyl/N-ethyl adjacent to an activating group) is 1. The number of sulfone groups is 1. The number of carbonyl (C=O) groups is 1.